The number of hydrogen-bond acceptors (Lipinski definition) is 2. The molecule has 0 aromatic heterocycles. The highest BCUT2D eigenvalue weighted by Crippen LogP contribution is 2.13. The van der Waals surface area contributed by atoms with E-state index in [0.717, 1.165) is 13.0 Å². The molecule has 14 heavy (non-hydrogen) atoms. The molecule has 0 spiro atoms. The summed E-state index contributed by atoms with van der Waals surface area (Å²) in [6, 6.07) is -0.333. The van der Waals surface area contributed by atoms with E-state index < -0.39 is 5.97 Å². The Balaban J connectivity index is 0. The van der Waals surface area contributed by atoms with Crippen LogP contribution in [0.3, 0.4) is 0 Å². The summed E-state index contributed by atoms with van der Waals surface area (Å²) < 4.78 is 0. The largest absolute Gasteiger partial charge is 0.480 e. The van der Waals surface area contributed by atoms with E-state index in [0.29, 0.717) is 0 Å². The Labute approximate surface area is 88.1 Å². The van der Waals surface area contributed by atoms with Crippen molar-refractivity contribution < 1.29 is 9.90 Å². The minimum Gasteiger partial charge on any atom is -0.480 e. The molecule has 0 aliphatic heterocycles. The Bertz CT molecular complexity index is 138. The monoisotopic (exact) mass is 203 g/mol. The van der Waals surface area contributed by atoms with Crippen LogP contribution in [0, 0.1) is 5.92 Å². The first kappa shape index (κ1) is 15.9. The molecule has 2 unspecified atom stereocenters. The van der Waals surface area contributed by atoms with Gasteiger partial charge in [-0.3, -0.25) is 9.69 Å². The third-order valence-corrected chi connectivity index (χ3v) is 2.41. The van der Waals surface area contributed by atoms with E-state index >= 15 is 0 Å². The van der Waals surface area contributed by atoms with Crippen LogP contribution in [0.2, 0.25) is 0 Å². The molecular weight excluding hydrogens is 178 g/mol. The van der Waals surface area contributed by atoms with E-state index in [4.69, 9.17) is 5.11 Å². The summed E-state index contributed by atoms with van der Waals surface area (Å²) in [4.78, 5) is 12.7. The van der Waals surface area contributed by atoms with Crippen LogP contribution in [0.4, 0.5) is 0 Å². The Kier molecular flexibility index (Phi) is 10.2. The molecule has 0 amide bonds. The Morgan fingerprint density at radius 3 is 2.00 bits per heavy atom. The number of carbonyl (C=O) groups is 1. The van der Waals surface area contributed by atoms with Crippen LogP contribution >= 0.6 is 0 Å². The van der Waals surface area contributed by atoms with Crippen molar-refractivity contribution in [1.29, 1.82) is 0 Å². The molecule has 0 heterocycles. The number of nitrogens with zero attached hydrogens (tertiary/aromatic N) is 1. The summed E-state index contributed by atoms with van der Waals surface area (Å²) in [7, 11) is 1.85. The molecule has 0 aliphatic rings. The fraction of sp³-hybridized carbons (Fsp3) is 0.909. The predicted octanol–water partition coefficient (Wildman–Crippen LogP) is 2.46. The maximum Gasteiger partial charge on any atom is 0.321 e. The van der Waals surface area contributed by atoms with Crippen molar-refractivity contribution in [3.63, 3.8) is 0 Å². The van der Waals surface area contributed by atoms with Crippen molar-refractivity contribution >= 4 is 5.97 Å². The second-order valence-corrected chi connectivity index (χ2v) is 3.24. The zero-order chi connectivity index (χ0) is 11.7. The van der Waals surface area contributed by atoms with Gasteiger partial charge in [0.15, 0.2) is 0 Å². The number of aliphatic carboxylic acids is 1. The Hall–Kier alpha value is -0.570. The van der Waals surface area contributed by atoms with Crippen molar-refractivity contribution in [2.75, 3.05) is 13.6 Å². The molecule has 0 saturated heterocycles. The molecule has 86 valence electrons. The zero-order valence-corrected chi connectivity index (χ0v) is 10.4. The minimum absolute atomic E-state index is 0.215. The molecule has 0 aromatic carbocycles. The highest BCUT2D eigenvalue weighted by molar-refractivity contribution is 5.73. The first-order valence-electron chi connectivity index (χ1n) is 5.47. The average Bonchev–Trinajstić information content (AvgIpc) is 2.20. The molecule has 3 nitrogen and oxygen atoms in total. The molecule has 3 heteroatoms. The van der Waals surface area contributed by atoms with Gasteiger partial charge in [0.2, 0.25) is 0 Å². The lowest BCUT2D eigenvalue weighted by molar-refractivity contribution is -0.144. The lowest BCUT2D eigenvalue weighted by Gasteiger charge is -2.27. The number of hydrogen-bond donors (Lipinski definition) is 1. The topological polar surface area (TPSA) is 40.5 Å². The molecule has 2 atom stereocenters. The second kappa shape index (κ2) is 9.00. The summed E-state index contributed by atoms with van der Waals surface area (Å²) in [5.41, 5.74) is 0. The standard InChI is InChI=1S/C9H19NO2.C2H6/c1-5-7(3)8(9(11)12)10(4)6-2;1-2/h7-8H,5-6H2,1-4H3,(H,11,12);1-2H3. The van der Waals surface area contributed by atoms with E-state index in [-0.39, 0.29) is 12.0 Å². The highest BCUT2D eigenvalue weighted by atomic mass is 16.4. The van der Waals surface area contributed by atoms with Gasteiger partial charge in [0, 0.05) is 0 Å². The van der Waals surface area contributed by atoms with Gasteiger partial charge in [-0.25, -0.2) is 0 Å². The van der Waals surface area contributed by atoms with Gasteiger partial charge in [0.05, 0.1) is 0 Å². The highest BCUT2D eigenvalue weighted by Gasteiger charge is 2.26. The summed E-state index contributed by atoms with van der Waals surface area (Å²) in [5, 5.41) is 8.93. The zero-order valence-electron chi connectivity index (χ0n) is 10.4. The third kappa shape index (κ3) is 5.22. The fourth-order valence-electron chi connectivity index (χ4n) is 1.29. The smallest absolute Gasteiger partial charge is 0.321 e. The van der Waals surface area contributed by atoms with Crippen LogP contribution in [0.15, 0.2) is 0 Å². The summed E-state index contributed by atoms with van der Waals surface area (Å²) in [6.07, 6.45) is 0.904. The fourth-order valence-corrected chi connectivity index (χ4v) is 1.29. The van der Waals surface area contributed by atoms with E-state index in [2.05, 4.69) is 0 Å². The van der Waals surface area contributed by atoms with Crippen LogP contribution in [0.25, 0.3) is 0 Å². The molecule has 0 aromatic rings. The SMILES string of the molecule is CC.CCC(C)C(C(=O)O)N(C)CC. The van der Waals surface area contributed by atoms with Gasteiger partial charge >= 0.3 is 5.97 Å². The normalized spacial score (nSPS) is 14.2. The first-order chi connectivity index (χ1) is 6.54. The number of carboxylic acid groups (broad SMARTS) is 1. The van der Waals surface area contributed by atoms with E-state index in [1.54, 1.807) is 0 Å². The van der Waals surface area contributed by atoms with Gasteiger partial charge in [0.25, 0.3) is 0 Å². The van der Waals surface area contributed by atoms with Gasteiger partial charge in [-0.15, -0.1) is 0 Å². The second-order valence-electron chi connectivity index (χ2n) is 3.24. The lowest BCUT2D eigenvalue weighted by atomic mass is 9.98. The van der Waals surface area contributed by atoms with Gasteiger partial charge in [-0.05, 0) is 19.5 Å². The van der Waals surface area contributed by atoms with E-state index in [9.17, 15) is 4.79 Å². The average molecular weight is 203 g/mol. The molecular formula is C11H25NO2. The van der Waals surface area contributed by atoms with Crippen molar-refractivity contribution in [2.24, 2.45) is 5.92 Å². The molecule has 0 aliphatic carbocycles. The number of likely N-dealkylation sites (N-methyl/N-ethyl adjacent to an activating group) is 1. The van der Waals surface area contributed by atoms with Crippen LogP contribution in [-0.2, 0) is 4.79 Å². The van der Waals surface area contributed by atoms with Crippen LogP contribution in [0.5, 0.6) is 0 Å². The van der Waals surface area contributed by atoms with E-state index in [1.165, 1.54) is 0 Å². The summed E-state index contributed by atoms with van der Waals surface area (Å²) in [6.45, 7) is 10.7. The Morgan fingerprint density at radius 2 is 1.79 bits per heavy atom. The molecule has 0 rings (SSSR count). The van der Waals surface area contributed by atoms with E-state index in [1.807, 2.05) is 46.6 Å². The summed E-state index contributed by atoms with van der Waals surface area (Å²) >= 11 is 0. The first-order valence-corrected chi connectivity index (χ1v) is 5.47. The molecule has 0 radical (unpaired) electrons. The molecule has 0 fully saturated rings. The summed E-state index contributed by atoms with van der Waals surface area (Å²) in [5.74, 6) is -0.499. The van der Waals surface area contributed by atoms with Crippen LogP contribution < -0.4 is 0 Å². The van der Waals surface area contributed by atoms with Crippen molar-refractivity contribution in [3.8, 4) is 0 Å². The maximum atomic E-state index is 10.9. The van der Waals surface area contributed by atoms with Gasteiger partial charge in [-0.2, -0.15) is 0 Å². The van der Waals surface area contributed by atoms with Crippen molar-refractivity contribution in [1.82, 2.24) is 4.90 Å². The third-order valence-electron chi connectivity index (χ3n) is 2.41. The molecule has 0 bridgehead atoms. The van der Waals surface area contributed by atoms with Gasteiger partial charge in [-0.1, -0.05) is 41.0 Å². The maximum absolute atomic E-state index is 10.9. The van der Waals surface area contributed by atoms with Crippen molar-refractivity contribution in [3.05, 3.63) is 0 Å². The minimum atomic E-state index is -0.714. The molecule has 1 N–H and O–H groups in total. The predicted molar refractivity (Wildman–Crippen MR) is 60.5 cm³/mol. The van der Waals surface area contributed by atoms with Gasteiger partial charge in [0.1, 0.15) is 6.04 Å². The number of rotatable bonds is 5. The van der Waals surface area contributed by atoms with Crippen LogP contribution in [0.1, 0.15) is 41.0 Å². The Morgan fingerprint density at radius 1 is 1.36 bits per heavy atom. The van der Waals surface area contributed by atoms with Crippen molar-refractivity contribution in [2.45, 2.75) is 47.1 Å². The molecule has 0 saturated carbocycles. The quantitative estimate of drug-likeness (QED) is 0.746. The van der Waals surface area contributed by atoms with Gasteiger partial charge < -0.3 is 5.11 Å². The lowest BCUT2D eigenvalue weighted by Crippen LogP contribution is -2.42. The number of carboxylic acids is 1. The van der Waals surface area contributed by atoms with Crippen LogP contribution in [-0.4, -0.2) is 35.6 Å².